The van der Waals surface area contributed by atoms with Gasteiger partial charge in [-0.1, -0.05) is 0 Å². The molecule has 1 heterocycles. The second-order valence-corrected chi connectivity index (χ2v) is 4.37. The van der Waals surface area contributed by atoms with Crippen LogP contribution in [-0.2, 0) is 13.6 Å². The van der Waals surface area contributed by atoms with E-state index in [0.717, 1.165) is 11.5 Å². The highest BCUT2D eigenvalue weighted by Gasteiger charge is 2.09. The summed E-state index contributed by atoms with van der Waals surface area (Å²) in [6.07, 6.45) is 0. The van der Waals surface area contributed by atoms with Gasteiger partial charge in [0, 0.05) is 60.6 Å². The highest BCUT2D eigenvalue weighted by Crippen LogP contribution is 2.09. The first-order valence-corrected chi connectivity index (χ1v) is 5.85. The van der Waals surface area contributed by atoms with Gasteiger partial charge < -0.3 is 15.2 Å². The highest BCUT2D eigenvalue weighted by molar-refractivity contribution is 14.1. The molecule has 88 valence electrons. The average molecular weight is 335 g/mol. The number of carbonyl (C=O) groups excluding carboxylic acids is 1. The van der Waals surface area contributed by atoms with Gasteiger partial charge in [-0.3, -0.25) is 9.59 Å². The molecule has 0 spiro atoms. The minimum atomic E-state index is -0.170. The van der Waals surface area contributed by atoms with Crippen LogP contribution < -0.4 is 16.1 Å². The number of aromatic nitrogens is 1. The summed E-state index contributed by atoms with van der Waals surface area (Å²) in [5, 5.41) is 5.57. The fourth-order valence-electron chi connectivity index (χ4n) is 1.48. The molecule has 0 unspecified atom stereocenters. The van der Waals surface area contributed by atoms with Crippen LogP contribution in [0.3, 0.4) is 0 Å². The molecule has 5 nitrogen and oxygen atoms in total. The Morgan fingerprint density at radius 1 is 1.56 bits per heavy atom. The zero-order valence-electron chi connectivity index (χ0n) is 9.43. The Hall–Kier alpha value is -1.05. The maximum Gasteiger partial charge on any atom is 0.280 e. The molecule has 16 heavy (non-hydrogen) atoms. The summed E-state index contributed by atoms with van der Waals surface area (Å²) in [6.45, 7) is 2.13. The third-order valence-electron chi connectivity index (χ3n) is 2.53. The van der Waals surface area contributed by atoms with E-state index in [-0.39, 0.29) is 15.9 Å². The third-order valence-corrected chi connectivity index (χ3v) is 2.91. The Labute approximate surface area is 107 Å². The van der Waals surface area contributed by atoms with Gasteiger partial charge in [0.2, 0.25) is 0 Å². The van der Waals surface area contributed by atoms with E-state index in [1.165, 1.54) is 6.07 Å². The standard InChI is InChI=1S/C10H14IN3O2/c1-6-7(5-13-10(11)16)8(15)4-9(12-2)14(6)3/h4,12H,5H2,1-3H3,(H,13,16). The summed E-state index contributed by atoms with van der Waals surface area (Å²) in [6, 6.07) is 1.53. The Morgan fingerprint density at radius 2 is 2.19 bits per heavy atom. The first-order valence-electron chi connectivity index (χ1n) is 4.78. The summed E-state index contributed by atoms with van der Waals surface area (Å²) in [7, 11) is 3.64. The number of nitrogens with zero attached hydrogens (tertiary/aromatic N) is 1. The predicted octanol–water partition coefficient (Wildman–Crippen LogP) is 1.38. The quantitative estimate of drug-likeness (QED) is 0.498. The molecule has 1 amide bonds. The first-order chi connectivity index (χ1) is 7.47. The van der Waals surface area contributed by atoms with Crippen molar-refractivity contribution in [2.75, 3.05) is 12.4 Å². The Kier molecular flexibility index (Phi) is 4.34. The molecular weight excluding hydrogens is 321 g/mol. The SMILES string of the molecule is CNc1cc(=O)c(CNC(=O)I)c(C)n1C. The summed E-state index contributed by atoms with van der Waals surface area (Å²) in [5.74, 6) is 0.757. The second kappa shape index (κ2) is 5.33. The van der Waals surface area contributed by atoms with E-state index in [2.05, 4.69) is 10.6 Å². The van der Waals surface area contributed by atoms with Crippen LogP contribution in [0.15, 0.2) is 10.9 Å². The van der Waals surface area contributed by atoms with Crippen LogP contribution in [0.2, 0.25) is 0 Å². The molecule has 0 aliphatic heterocycles. The van der Waals surface area contributed by atoms with E-state index in [0.29, 0.717) is 5.56 Å². The van der Waals surface area contributed by atoms with Crippen molar-refractivity contribution in [2.24, 2.45) is 7.05 Å². The van der Waals surface area contributed by atoms with Gasteiger partial charge in [-0.2, -0.15) is 0 Å². The molecule has 0 fully saturated rings. The van der Waals surface area contributed by atoms with Crippen molar-refractivity contribution >= 4 is 32.3 Å². The molecule has 2 N–H and O–H groups in total. The minimum Gasteiger partial charge on any atom is -0.374 e. The van der Waals surface area contributed by atoms with Crippen LogP contribution in [0, 0.1) is 6.92 Å². The van der Waals surface area contributed by atoms with Crippen molar-refractivity contribution in [2.45, 2.75) is 13.5 Å². The lowest BCUT2D eigenvalue weighted by Gasteiger charge is -2.15. The lowest BCUT2D eigenvalue weighted by molar-refractivity contribution is 0.262. The van der Waals surface area contributed by atoms with Crippen molar-refractivity contribution in [1.29, 1.82) is 0 Å². The van der Waals surface area contributed by atoms with Crippen LogP contribution in [-0.4, -0.2) is 15.5 Å². The van der Waals surface area contributed by atoms with Gasteiger partial charge in [-0.25, -0.2) is 0 Å². The molecule has 0 aliphatic carbocycles. The number of halogens is 1. The number of amides is 1. The second-order valence-electron chi connectivity index (χ2n) is 3.39. The van der Waals surface area contributed by atoms with Crippen LogP contribution >= 0.6 is 22.6 Å². The fourth-order valence-corrected chi connectivity index (χ4v) is 1.67. The zero-order valence-corrected chi connectivity index (χ0v) is 11.6. The zero-order chi connectivity index (χ0) is 12.3. The number of hydrogen-bond acceptors (Lipinski definition) is 3. The molecule has 0 saturated carbocycles. The number of nitrogens with one attached hydrogen (secondary N) is 2. The van der Waals surface area contributed by atoms with Gasteiger partial charge in [0.05, 0.1) is 0 Å². The Morgan fingerprint density at radius 3 is 2.69 bits per heavy atom. The van der Waals surface area contributed by atoms with Crippen LogP contribution in [0.5, 0.6) is 0 Å². The molecule has 1 aromatic rings. The third kappa shape index (κ3) is 2.75. The van der Waals surface area contributed by atoms with E-state index in [1.54, 1.807) is 29.6 Å². The molecule has 1 rings (SSSR count). The molecule has 6 heteroatoms. The number of rotatable bonds is 3. The maximum absolute atomic E-state index is 11.8. The van der Waals surface area contributed by atoms with Gasteiger partial charge in [0.15, 0.2) is 5.43 Å². The van der Waals surface area contributed by atoms with E-state index in [1.807, 2.05) is 18.5 Å². The van der Waals surface area contributed by atoms with Crippen molar-refractivity contribution in [3.8, 4) is 0 Å². The lowest BCUT2D eigenvalue weighted by Crippen LogP contribution is -2.25. The summed E-state index contributed by atoms with van der Waals surface area (Å²) in [5.41, 5.74) is 1.40. The number of anilines is 1. The van der Waals surface area contributed by atoms with Gasteiger partial charge in [0.1, 0.15) is 5.82 Å². The molecule has 0 bridgehead atoms. The summed E-state index contributed by atoms with van der Waals surface area (Å²) >= 11 is 1.64. The lowest BCUT2D eigenvalue weighted by atomic mass is 10.2. The maximum atomic E-state index is 11.8. The van der Waals surface area contributed by atoms with E-state index in [4.69, 9.17) is 0 Å². The fraction of sp³-hybridized carbons (Fsp3) is 0.400. The monoisotopic (exact) mass is 335 g/mol. The Bertz CT molecular complexity index is 468. The van der Waals surface area contributed by atoms with Crippen molar-refractivity contribution in [3.05, 3.63) is 27.5 Å². The van der Waals surface area contributed by atoms with Crippen molar-refractivity contribution in [3.63, 3.8) is 0 Å². The largest absolute Gasteiger partial charge is 0.374 e. The smallest absolute Gasteiger partial charge is 0.280 e. The molecule has 0 aromatic carbocycles. The van der Waals surface area contributed by atoms with Gasteiger partial charge in [0.25, 0.3) is 3.91 Å². The summed E-state index contributed by atoms with van der Waals surface area (Å²) in [4.78, 5) is 22.6. The van der Waals surface area contributed by atoms with Gasteiger partial charge in [-0.05, 0) is 6.92 Å². The highest BCUT2D eigenvalue weighted by atomic mass is 127. The first kappa shape index (κ1) is 13.0. The molecular formula is C10H14IN3O2. The van der Waals surface area contributed by atoms with Crippen molar-refractivity contribution < 1.29 is 4.79 Å². The van der Waals surface area contributed by atoms with E-state index < -0.39 is 0 Å². The number of hydrogen-bond donors (Lipinski definition) is 2. The van der Waals surface area contributed by atoms with E-state index >= 15 is 0 Å². The van der Waals surface area contributed by atoms with Gasteiger partial charge >= 0.3 is 0 Å². The Balaban J connectivity index is 3.15. The van der Waals surface area contributed by atoms with Crippen LogP contribution in [0.25, 0.3) is 0 Å². The summed E-state index contributed by atoms with van der Waals surface area (Å²) < 4.78 is 1.72. The molecule has 0 aliphatic rings. The number of pyridine rings is 1. The molecule has 0 saturated heterocycles. The molecule has 0 atom stereocenters. The minimum absolute atomic E-state index is 0.0647. The topological polar surface area (TPSA) is 63.1 Å². The van der Waals surface area contributed by atoms with E-state index in [9.17, 15) is 9.59 Å². The molecule has 0 radical (unpaired) electrons. The predicted molar refractivity (Wildman–Crippen MR) is 72.2 cm³/mol. The van der Waals surface area contributed by atoms with Crippen molar-refractivity contribution in [1.82, 2.24) is 9.88 Å². The molecule has 1 aromatic heterocycles. The van der Waals surface area contributed by atoms with Gasteiger partial charge in [-0.15, -0.1) is 0 Å². The normalized spacial score (nSPS) is 10.0. The van der Waals surface area contributed by atoms with Crippen LogP contribution in [0.4, 0.5) is 10.6 Å². The number of carbonyl (C=O) groups is 1. The van der Waals surface area contributed by atoms with Crippen LogP contribution in [0.1, 0.15) is 11.3 Å². The average Bonchev–Trinajstić information content (AvgIpc) is 2.22.